The van der Waals surface area contributed by atoms with Gasteiger partial charge in [0.25, 0.3) is 0 Å². The third-order valence-electron chi connectivity index (χ3n) is 11.4. The topological polar surface area (TPSA) is 101 Å². The second-order valence-electron chi connectivity index (χ2n) is 12.8. The molecule has 0 aromatic heterocycles. The number of fused-ring (bicyclic) bond motifs is 5. The van der Waals surface area contributed by atoms with Gasteiger partial charge in [0.2, 0.25) is 0 Å². The molecule has 4 rings (SSSR count). The van der Waals surface area contributed by atoms with E-state index in [0.717, 1.165) is 51.4 Å². The van der Waals surface area contributed by atoms with Gasteiger partial charge in [-0.25, -0.2) is 0 Å². The van der Waals surface area contributed by atoms with Crippen LogP contribution >= 0.6 is 0 Å². The molecular weight excluding hydrogens is 404 g/mol. The van der Waals surface area contributed by atoms with E-state index in [4.69, 9.17) is 0 Å². The normalized spacial score (nSPS) is 51.3. The Morgan fingerprint density at radius 2 is 1.62 bits per heavy atom. The summed E-state index contributed by atoms with van der Waals surface area (Å²) in [6.45, 7) is 8.82. The van der Waals surface area contributed by atoms with Gasteiger partial charge in [-0.1, -0.05) is 27.7 Å². The Bertz CT molecular complexity index is 656. The van der Waals surface area contributed by atoms with E-state index < -0.39 is 6.10 Å². The summed E-state index contributed by atoms with van der Waals surface area (Å²) in [6.07, 6.45) is 6.54. The highest BCUT2D eigenvalue weighted by Gasteiger charge is 2.65. The largest absolute Gasteiger partial charge is 0.396 e. The Morgan fingerprint density at radius 1 is 0.906 bits per heavy atom. The van der Waals surface area contributed by atoms with Gasteiger partial charge in [0, 0.05) is 12.5 Å². The zero-order chi connectivity index (χ0) is 23.4. The summed E-state index contributed by atoms with van der Waals surface area (Å²) in [5.41, 5.74) is -0.0772. The highest BCUT2D eigenvalue weighted by molar-refractivity contribution is 5.14. The van der Waals surface area contributed by atoms with Gasteiger partial charge in [-0.2, -0.15) is 0 Å². The average Bonchev–Trinajstić information content (AvgIpc) is 3.11. The van der Waals surface area contributed by atoms with Crippen LogP contribution in [0, 0.1) is 52.3 Å². The molecule has 4 fully saturated rings. The monoisotopic (exact) mass is 452 g/mol. The number of aliphatic hydroxyl groups is 5. The average molecular weight is 453 g/mol. The molecule has 0 saturated heterocycles. The molecule has 0 aliphatic heterocycles. The van der Waals surface area contributed by atoms with Crippen molar-refractivity contribution in [2.45, 2.75) is 110 Å². The summed E-state index contributed by atoms with van der Waals surface area (Å²) < 4.78 is 0. The van der Waals surface area contributed by atoms with Gasteiger partial charge in [-0.05, 0) is 104 Å². The fraction of sp³-hybridized carbons (Fsp3) is 1.00. The third kappa shape index (κ3) is 3.88. The van der Waals surface area contributed by atoms with Crippen molar-refractivity contribution in [2.24, 2.45) is 52.3 Å². The first kappa shape index (κ1) is 24.9. The number of hydrogen-bond acceptors (Lipinski definition) is 5. The van der Waals surface area contributed by atoms with Crippen molar-refractivity contribution in [2.75, 3.05) is 6.61 Å². The summed E-state index contributed by atoms with van der Waals surface area (Å²) in [6, 6.07) is 0. The second-order valence-corrected chi connectivity index (χ2v) is 12.8. The third-order valence-corrected chi connectivity index (χ3v) is 11.4. The maximum atomic E-state index is 11.6. The van der Waals surface area contributed by atoms with Crippen LogP contribution in [0.1, 0.15) is 85.5 Å². The number of rotatable bonds is 6. The van der Waals surface area contributed by atoms with E-state index in [1.165, 1.54) is 0 Å². The molecule has 4 saturated carbocycles. The van der Waals surface area contributed by atoms with Crippen LogP contribution in [-0.2, 0) is 0 Å². The maximum absolute atomic E-state index is 11.6. The van der Waals surface area contributed by atoms with E-state index in [-0.39, 0.29) is 47.6 Å². The van der Waals surface area contributed by atoms with E-state index in [2.05, 4.69) is 20.8 Å². The molecule has 186 valence electrons. The van der Waals surface area contributed by atoms with Crippen LogP contribution in [-0.4, -0.2) is 56.6 Å². The molecule has 4 aliphatic carbocycles. The second kappa shape index (κ2) is 9.11. The van der Waals surface area contributed by atoms with Gasteiger partial charge in [0.05, 0.1) is 24.4 Å². The van der Waals surface area contributed by atoms with E-state index >= 15 is 0 Å². The summed E-state index contributed by atoms with van der Waals surface area (Å²) in [4.78, 5) is 0. The van der Waals surface area contributed by atoms with Gasteiger partial charge in [0.15, 0.2) is 0 Å². The minimum absolute atomic E-state index is 0.00915. The zero-order valence-corrected chi connectivity index (χ0v) is 20.7. The zero-order valence-electron chi connectivity index (χ0n) is 20.7. The Labute approximate surface area is 194 Å². The van der Waals surface area contributed by atoms with E-state index in [1.807, 2.05) is 6.92 Å². The fourth-order valence-electron chi connectivity index (χ4n) is 9.17. The summed E-state index contributed by atoms with van der Waals surface area (Å²) in [7, 11) is 0. The number of hydrogen-bond donors (Lipinski definition) is 5. The minimum atomic E-state index is -0.480. The van der Waals surface area contributed by atoms with Crippen molar-refractivity contribution in [1.29, 1.82) is 0 Å². The molecule has 32 heavy (non-hydrogen) atoms. The molecule has 5 nitrogen and oxygen atoms in total. The summed E-state index contributed by atoms with van der Waals surface area (Å²) in [5, 5.41) is 52.9. The fourth-order valence-corrected chi connectivity index (χ4v) is 9.17. The van der Waals surface area contributed by atoms with E-state index in [1.54, 1.807) is 0 Å². The molecule has 0 spiro atoms. The first-order chi connectivity index (χ1) is 15.0. The molecule has 0 aromatic carbocycles. The highest BCUT2D eigenvalue weighted by atomic mass is 16.3. The first-order valence-corrected chi connectivity index (χ1v) is 13.4. The van der Waals surface area contributed by atoms with Crippen molar-refractivity contribution in [1.82, 2.24) is 0 Å². The Kier molecular flexibility index (Phi) is 7.09. The maximum Gasteiger partial charge on any atom is 0.0602 e. The van der Waals surface area contributed by atoms with Crippen molar-refractivity contribution in [3.8, 4) is 0 Å². The molecule has 13 atom stereocenters. The van der Waals surface area contributed by atoms with Gasteiger partial charge >= 0.3 is 0 Å². The smallest absolute Gasteiger partial charge is 0.0602 e. The van der Waals surface area contributed by atoms with Crippen LogP contribution in [0.25, 0.3) is 0 Å². The van der Waals surface area contributed by atoms with Gasteiger partial charge in [-0.3, -0.25) is 0 Å². The van der Waals surface area contributed by atoms with Crippen molar-refractivity contribution in [3.63, 3.8) is 0 Å². The molecule has 0 heterocycles. The quantitative estimate of drug-likeness (QED) is 0.425. The Balaban J connectivity index is 1.53. The first-order valence-electron chi connectivity index (χ1n) is 13.4. The van der Waals surface area contributed by atoms with Crippen LogP contribution in [0.3, 0.4) is 0 Å². The van der Waals surface area contributed by atoms with Crippen molar-refractivity contribution >= 4 is 0 Å². The molecule has 5 heteroatoms. The highest BCUT2D eigenvalue weighted by Crippen LogP contribution is 2.68. The lowest BCUT2D eigenvalue weighted by Gasteiger charge is -2.63. The van der Waals surface area contributed by atoms with Crippen LogP contribution in [0.4, 0.5) is 0 Å². The van der Waals surface area contributed by atoms with Crippen LogP contribution in [0.5, 0.6) is 0 Å². The lowest BCUT2D eigenvalue weighted by molar-refractivity contribution is -0.207. The predicted molar refractivity (Wildman–Crippen MR) is 125 cm³/mol. The van der Waals surface area contributed by atoms with E-state index in [9.17, 15) is 25.5 Å². The molecular formula is C27H48O5. The predicted octanol–water partition coefficient (Wildman–Crippen LogP) is 3.35. The molecule has 0 bridgehead atoms. The van der Waals surface area contributed by atoms with Gasteiger partial charge in [0.1, 0.15) is 0 Å². The van der Waals surface area contributed by atoms with Crippen LogP contribution in [0.2, 0.25) is 0 Å². The minimum Gasteiger partial charge on any atom is -0.396 e. The Hall–Kier alpha value is -0.200. The molecule has 0 aromatic rings. The molecule has 4 unspecified atom stereocenters. The van der Waals surface area contributed by atoms with Crippen molar-refractivity contribution < 1.29 is 25.5 Å². The van der Waals surface area contributed by atoms with Gasteiger partial charge in [-0.15, -0.1) is 0 Å². The molecule has 4 aliphatic rings. The molecule has 0 amide bonds. The summed E-state index contributed by atoms with van der Waals surface area (Å²) >= 11 is 0. The molecule has 0 radical (unpaired) electrons. The molecule has 5 N–H and O–H groups in total. The number of aliphatic hydroxyl groups excluding tert-OH is 5. The standard InChI is InChI=1S/C27H48O5/c1-15(5-8-22(30)16(2)14-28)19-6-7-20-25-21(13-24(32)27(19,20)4)26(3)10-9-18(29)11-17(26)12-23(25)31/h15-25,28-32H,5-14H2,1-4H3/t15-,16-,17+,18-,19?,20?,21?,22-,23-,24+,25?,26+,27-/m1/s1. The SMILES string of the molecule is C[C@H](CC[C@@H](O)[C@H](C)CO)C1CCC2C3C(C[C@H](O)[C@@]21C)[C@@]1(C)CC[C@@H](O)C[C@H]1C[C@H]3O. The lowest BCUT2D eigenvalue weighted by Crippen LogP contribution is -2.62. The van der Waals surface area contributed by atoms with Gasteiger partial charge < -0.3 is 25.5 Å². The summed E-state index contributed by atoms with van der Waals surface area (Å²) in [5.74, 6) is 1.96. The Morgan fingerprint density at radius 3 is 2.31 bits per heavy atom. The van der Waals surface area contributed by atoms with Crippen molar-refractivity contribution in [3.05, 3.63) is 0 Å². The van der Waals surface area contributed by atoms with Crippen LogP contribution in [0.15, 0.2) is 0 Å². The lowest BCUT2D eigenvalue weighted by atomic mass is 9.43. The van der Waals surface area contributed by atoms with E-state index in [0.29, 0.717) is 36.0 Å². The van der Waals surface area contributed by atoms with Crippen LogP contribution < -0.4 is 0 Å².